The van der Waals surface area contributed by atoms with Crippen molar-refractivity contribution in [1.29, 1.82) is 0 Å². The van der Waals surface area contributed by atoms with Gasteiger partial charge in [0.25, 0.3) is 5.92 Å². The maximum absolute atomic E-state index is 12.5. The Bertz CT molecular complexity index is 186. The van der Waals surface area contributed by atoms with Gasteiger partial charge in [0.05, 0.1) is 6.10 Å². The van der Waals surface area contributed by atoms with Gasteiger partial charge < -0.3 is 5.11 Å². The van der Waals surface area contributed by atoms with Crippen LogP contribution in [0.1, 0.15) is 12.8 Å². The summed E-state index contributed by atoms with van der Waals surface area (Å²) in [6, 6.07) is 0. The molecule has 2 rings (SSSR count). The molecule has 3 unspecified atom stereocenters. The van der Waals surface area contributed by atoms with Gasteiger partial charge in [-0.2, -0.15) is 11.8 Å². The fourth-order valence-corrected chi connectivity index (χ4v) is 3.01. The Balaban J connectivity index is 1.80. The number of hydrogen-bond donors (Lipinski definition) is 1. The quantitative estimate of drug-likeness (QED) is 0.722. The predicted octanol–water partition coefficient (Wildman–Crippen LogP) is 1.76. The summed E-state index contributed by atoms with van der Waals surface area (Å²) in [4.78, 5) is 0. The monoisotopic (exact) mass is 194 g/mol. The van der Waals surface area contributed by atoms with Gasteiger partial charge in [-0.25, -0.2) is 8.78 Å². The van der Waals surface area contributed by atoms with Crippen LogP contribution in [0.15, 0.2) is 0 Å². The Morgan fingerprint density at radius 3 is 2.50 bits per heavy atom. The molecule has 0 bridgehead atoms. The topological polar surface area (TPSA) is 20.2 Å². The van der Waals surface area contributed by atoms with Crippen molar-refractivity contribution in [3.63, 3.8) is 0 Å². The maximum atomic E-state index is 12.5. The molecule has 1 saturated heterocycles. The van der Waals surface area contributed by atoms with Gasteiger partial charge in [0.15, 0.2) is 0 Å². The Kier molecular flexibility index (Phi) is 2.07. The molecule has 0 amide bonds. The van der Waals surface area contributed by atoms with Crippen molar-refractivity contribution < 1.29 is 13.9 Å². The summed E-state index contributed by atoms with van der Waals surface area (Å²) in [6.07, 6.45) is 0.216. The predicted molar refractivity (Wildman–Crippen MR) is 44.5 cm³/mol. The van der Waals surface area contributed by atoms with E-state index in [9.17, 15) is 13.9 Å². The Morgan fingerprint density at radius 2 is 2.08 bits per heavy atom. The summed E-state index contributed by atoms with van der Waals surface area (Å²) in [5.41, 5.74) is 0. The smallest absolute Gasteiger partial charge is 0.251 e. The van der Waals surface area contributed by atoms with E-state index < -0.39 is 11.8 Å². The highest BCUT2D eigenvalue weighted by atomic mass is 32.2. The van der Waals surface area contributed by atoms with Gasteiger partial charge >= 0.3 is 0 Å². The van der Waals surface area contributed by atoms with Crippen molar-refractivity contribution >= 4 is 11.8 Å². The molecule has 2 aliphatic rings. The number of hydrogen-bond acceptors (Lipinski definition) is 2. The first-order chi connectivity index (χ1) is 5.59. The van der Waals surface area contributed by atoms with Gasteiger partial charge in [-0.3, -0.25) is 0 Å². The van der Waals surface area contributed by atoms with Crippen molar-refractivity contribution in [2.24, 2.45) is 11.8 Å². The van der Waals surface area contributed by atoms with Crippen molar-refractivity contribution in [2.45, 2.75) is 24.9 Å². The number of alkyl halides is 2. The third-order valence-electron chi connectivity index (χ3n) is 2.71. The molecular formula is C8H12F2OS. The second kappa shape index (κ2) is 2.84. The molecule has 1 heterocycles. The molecule has 3 atom stereocenters. The second-order valence-corrected chi connectivity index (χ2v) is 4.84. The first-order valence-corrected chi connectivity index (χ1v) is 5.39. The standard InChI is InChI=1S/C8H12F2OS/c9-8(10)2-6(8)1-5-3-12-4-7(5)11/h5-7,11H,1-4H2. The van der Waals surface area contributed by atoms with Gasteiger partial charge in [0.1, 0.15) is 0 Å². The molecule has 0 aromatic heterocycles. The van der Waals surface area contributed by atoms with Crippen LogP contribution in [-0.4, -0.2) is 28.6 Å². The number of thioether (sulfide) groups is 1. The van der Waals surface area contributed by atoms with E-state index in [1.807, 2.05) is 0 Å². The van der Waals surface area contributed by atoms with Crippen LogP contribution in [0.2, 0.25) is 0 Å². The summed E-state index contributed by atoms with van der Waals surface area (Å²) in [7, 11) is 0. The molecule has 4 heteroatoms. The molecule has 0 aromatic carbocycles. The summed E-state index contributed by atoms with van der Waals surface area (Å²) in [5.74, 6) is -1.15. The average molecular weight is 194 g/mol. The van der Waals surface area contributed by atoms with Crippen LogP contribution in [0.3, 0.4) is 0 Å². The van der Waals surface area contributed by atoms with Crippen LogP contribution in [0.25, 0.3) is 0 Å². The summed E-state index contributed by atoms with van der Waals surface area (Å²) in [6.45, 7) is 0. The van der Waals surface area contributed by atoms with Crippen LogP contribution in [0, 0.1) is 11.8 Å². The van der Waals surface area contributed by atoms with E-state index in [2.05, 4.69) is 0 Å². The molecule has 1 N–H and O–H groups in total. The number of aliphatic hydroxyl groups excluding tert-OH is 1. The minimum Gasteiger partial charge on any atom is -0.392 e. The normalized spacial score (nSPS) is 44.8. The lowest BCUT2D eigenvalue weighted by Gasteiger charge is -2.11. The minimum atomic E-state index is -2.41. The Morgan fingerprint density at radius 1 is 1.42 bits per heavy atom. The highest BCUT2D eigenvalue weighted by Crippen LogP contribution is 2.53. The Labute approximate surface area is 74.5 Å². The van der Waals surface area contributed by atoms with E-state index in [1.165, 1.54) is 0 Å². The zero-order valence-corrected chi connectivity index (χ0v) is 7.49. The van der Waals surface area contributed by atoms with Crippen LogP contribution >= 0.6 is 11.8 Å². The molecule has 2 fully saturated rings. The van der Waals surface area contributed by atoms with Crippen molar-refractivity contribution in [3.05, 3.63) is 0 Å². The van der Waals surface area contributed by atoms with Gasteiger partial charge in [-0.1, -0.05) is 0 Å². The fraction of sp³-hybridized carbons (Fsp3) is 1.00. The van der Waals surface area contributed by atoms with E-state index in [1.54, 1.807) is 11.8 Å². The van der Waals surface area contributed by atoms with Gasteiger partial charge in [-0.05, 0) is 18.1 Å². The van der Waals surface area contributed by atoms with Crippen LogP contribution in [0.5, 0.6) is 0 Å². The van der Waals surface area contributed by atoms with E-state index in [-0.39, 0.29) is 18.4 Å². The van der Waals surface area contributed by atoms with E-state index >= 15 is 0 Å². The third kappa shape index (κ3) is 1.59. The Hall–Kier alpha value is 0.170. The molecule has 12 heavy (non-hydrogen) atoms. The lowest BCUT2D eigenvalue weighted by atomic mass is 9.99. The zero-order chi connectivity index (χ0) is 8.77. The summed E-state index contributed by atoms with van der Waals surface area (Å²) < 4.78 is 25.0. The van der Waals surface area contributed by atoms with Crippen LogP contribution in [0.4, 0.5) is 8.78 Å². The van der Waals surface area contributed by atoms with Gasteiger partial charge in [0.2, 0.25) is 0 Å². The number of rotatable bonds is 2. The molecule has 0 spiro atoms. The van der Waals surface area contributed by atoms with Crippen molar-refractivity contribution in [2.75, 3.05) is 11.5 Å². The second-order valence-electron chi connectivity index (χ2n) is 3.76. The molecular weight excluding hydrogens is 182 g/mol. The largest absolute Gasteiger partial charge is 0.392 e. The van der Waals surface area contributed by atoms with E-state index in [0.29, 0.717) is 6.42 Å². The summed E-state index contributed by atoms with van der Waals surface area (Å²) >= 11 is 1.67. The molecule has 1 saturated carbocycles. The summed E-state index contributed by atoms with van der Waals surface area (Å²) in [5, 5.41) is 9.37. The van der Waals surface area contributed by atoms with Gasteiger partial charge in [-0.15, -0.1) is 0 Å². The SMILES string of the molecule is OC1CSCC1CC1CC1(F)F. The highest BCUT2D eigenvalue weighted by Gasteiger charge is 2.57. The number of aliphatic hydroxyl groups is 1. The third-order valence-corrected chi connectivity index (χ3v) is 3.95. The number of halogens is 2. The van der Waals surface area contributed by atoms with Crippen LogP contribution < -0.4 is 0 Å². The molecule has 1 aliphatic heterocycles. The molecule has 0 aromatic rings. The molecule has 1 nitrogen and oxygen atoms in total. The highest BCUT2D eigenvalue weighted by molar-refractivity contribution is 7.99. The minimum absolute atomic E-state index is 0.0425. The van der Waals surface area contributed by atoms with E-state index in [4.69, 9.17) is 0 Å². The average Bonchev–Trinajstić information content (AvgIpc) is 2.39. The first kappa shape index (κ1) is 8.75. The maximum Gasteiger partial charge on any atom is 0.251 e. The first-order valence-electron chi connectivity index (χ1n) is 4.23. The lowest BCUT2D eigenvalue weighted by molar-refractivity contribution is 0.0818. The molecule has 1 aliphatic carbocycles. The van der Waals surface area contributed by atoms with E-state index in [0.717, 1.165) is 11.5 Å². The van der Waals surface area contributed by atoms with Crippen LogP contribution in [-0.2, 0) is 0 Å². The van der Waals surface area contributed by atoms with Crippen molar-refractivity contribution in [1.82, 2.24) is 0 Å². The van der Waals surface area contributed by atoms with Gasteiger partial charge in [0, 0.05) is 18.1 Å². The molecule has 0 radical (unpaired) electrons. The van der Waals surface area contributed by atoms with Crippen molar-refractivity contribution in [3.8, 4) is 0 Å². The molecule has 70 valence electrons. The lowest BCUT2D eigenvalue weighted by Crippen LogP contribution is -2.19. The zero-order valence-electron chi connectivity index (χ0n) is 6.67. The fourth-order valence-electron chi connectivity index (χ4n) is 1.70.